The largest absolute Gasteiger partial charge is 0.469 e. The number of hydrogen-bond donors (Lipinski definition) is 1. The van der Waals surface area contributed by atoms with Crippen molar-refractivity contribution in [2.24, 2.45) is 5.92 Å². The Morgan fingerprint density at radius 3 is 2.24 bits per heavy atom. The monoisotopic (exact) mass is 244 g/mol. The fourth-order valence-electron chi connectivity index (χ4n) is 1.14. The van der Waals surface area contributed by atoms with Gasteiger partial charge in [-0.3, -0.25) is 14.4 Å². The summed E-state index contributed by atoms with van der Waals surface area (Å²) in [5, 5.41) is 2.65. The zero-order chi connectivity index (χ0) is 13.6. The smallest absolute Gasteiger partial charge is 0.310 e. The van der Waals surface area contributed by atoms with Gasteiger partial charge in [-0.15, -0.1) is 0 Å². The number of carbonyl (C=O) groups is 3. The van der Waals surface area contributed by atoms with Crippen molar-refractivity contribution in [1.82, 2.24) is 10.2 Å². The summed E-state index contributed by atoms with van der Waals surface area (Å²) in [5.74, 6) is -1.29. The first-order chi connectivity index (χ1) is 7.79. The Labute approximate surface area is 101 Å². The SMILES string of the molecule is COC(=O)C(C)C(C)NC(=O)CN(C)C(C)=O. The summed E-state index contributed by atoms with van der Waals surface area (Å²) >= 11 is 0. The number of carbonyl (C=O) groups excluding carboxylic acids is 3. The molecular weight excluding hydrogens is 224 g/mol. The van der Waals surface area contributed by atoms with Gasteiger partial charge in [0.2, 0.25) is 11.8 Å². The van der Waals surface area contributed by atoms with Gasteiger partial charge in [-0.1, -0.05) is 0 Å². The molecule has 1 N–H and O–H groups in total. The topological polar surface area (TPSA) is 75.7 Å². The first kappa shape index (κ1) is 15.4. The van der Waals surface area contributed by atoms with Gasteiger partial charge in [0, 0.05) is 20.0 Å². The molecule has 0 heterocycles. The van der Waals surface area contributed by atoms with Crippen LogP contribution in [0.15, 0.2) is 0 Å². The molecule has 0 radical (unpaired) electrons. The average molecular weight is 244 g/mol. The molecule has 0 rings (SSSR count). The van der Waals surface area contributed by atoms with Crippen LogP contribution in [0.1, 0.15) is 20.8 Å². The maximum absolute atomic E-state index is 11.5. The highest BCUT2D eigenvalue weighted by atomic mass is 16.5. The van der Waals surface area contributed by atoms with Gasteiger partial charge in [0.25, 0.3) is 0 Å². The molecule has 6 heteroatoms. The predicted molar refractivity (Wildman–Crippen MR) is 62.1 cm³/mol. The molecule has 2 atom stereocenters. The average Bonchev–Trinajstić information content (AvgIpc) is 2.26. The van der Waals surface area contributed by atoms with Crippen molar-refractivity contribution < 1.29 is 19.1 Å². The Kier molecular flexibility index (Phi) is 6.23. The van der Waals surface area contributed by atoms with E-state index >= 15 is 0 Å². The van der Waals surface area contributed by atoms with Crippen LogP contribution in [0.4, 0.5) is 0 Å². The molecule has 0 fully saturated rings. The van der Waals surface area contributed by atoms with Crippen LogP contribution in [0.25, 0.3) is 0 Å². The van der Waals surface area contributed by atoms with E-state index in [9.17, 15) is 14.4 Å². The zero-order valence-electron chi connectivity index (χ0n) is 10.9. The van der Waals surface area contributed by atoms with E-state index in [1.165, 1.54) is 26.0 Å². The van der Waals surface area contributed by atoms with Gasteiger partial charge in [-0.25, -0.2) is 0 Å². The van der Waals surface area contributed by atoms with E-state index in [2.05, 4.69) is 10.1 Å². The van der Waals surface area contributed by atoms with E-state index in [1.807, 2.05) is 0 Å². The molecule has 0 spiro atoms. The molecular formula is C11H20N2O4. The zero-order valence-corrected chi connectivity index (χ0v) is 10.9. The lowest BCUT2D eigenvalue weighted by atomic mass is 10.0. The van der Waals surface area contributed by atoms with E-state index in [-0.39, 0.29) is 30.4 Å². The number of hydrogen-bond acceptors (Lipinski definition) is 4. The molecule has 17 heavy (non-hydrogen) atoms. The molecule has 0 bridgehead atoms. The summed E-state index contributed by atoms with van der Waals surface area (Å²) in [7, 11) is 2.84. The number of amides is 2. The maximum Gasteiger partial charge on any atom is 0.310 e. The Morgan fingerprint density at radius 2 is 1.82 bits per heavy atom. The van der Waals surface area contributed by atoms with Gasteiger partial charge < -0.3 is 15.0 Å². The predicted octanol–water partition coefficient (Wildman–Crippen LogP) is -0.221. The Bertz CT molecular complexity index is 304. The van der Waals surface area contributed by atoms with Gasteiger partial charge >= 0.3 is 5.97 Å². The summed E-state index contributed by atoms with van der Waals surface area (Å²) in [6, 6.07) is -0.338. The fraction of sp³-hybridized carbons (Fsp3) is 0.727. The number of nitrogens with zero attached hydrogens (tertiary/aromatic N) is 1. The summed E-state index contributed by atoms with van der Waals surface area (Å²) < 4.78 is 4.58. The van der Waals surface area contributed by atoms with Crippen molar-refractivity contribution in [2.45, 2.75) is 26.8 Å². The molecule has 98 valence electrons. The Hall–Kier alpha value is -1.59. The van der Waals surface area contributed by atoms with Crippen LogP contribution in [0.2, 0.25) is 0 Å². The quantitative estimate of drug-likeness (QED) is 0.678. The van der Waals surface area contributed by atoms with Crippen molar-refractivity contribution >= 4 is 17.8 Å². The number of nitrogens with one attached hydrogen (secondary N) is 1. The summed E-state index contributed by atoms with van der Waals surface area (Å²) in [6.45, 7) is 4.75. The summed E-state index contributed by atoms with van der Waals surface area (Å²) in [5.41, 5.74) is 0. The lowest BCUT2D eigenvalue weighted by Gasteiger charge is -2.21. The van der Waals surface area contributed by atoms with Gasteiger partial charge in [0.15, 0.2) is 0 Å². The summed E-state index contributed by atoms with van der Waals surface area (Å²) in [6.07, 6.45) is 0. The first-order valence-corrected chi connectivity index (χ1v) is 5.38. The molecule has 0 aliphatic heterocycles. The number of esters is 1. The van der Waals surface area contributed by atoms with Gasteiger partial charge in [-0.2, -0.15) is 0 Å². The van der Waals surface area contributed by atoms with Crippen molar-refractivity contribution in [3.05, 3.63) is 0 Å². The maximum atomic E-state index is 11.5. The molecule has 0 saturated carbocycles. The fourth-order valence-corrected chi connectivity index (χ4v) is 1.14. The number of methoxy groups -OCH3 is 1. The minimum Gasteiger partial charge on any atom is -0.469 e. The Morgan fingerprint density at radius 1 is 1.29 bits per heavy atom. The lowest BCUT2D eigenvalue weighted by Crippen LogP contribution is -2.45. The van der Waals surface area contributed by atoms with E-state index in [1.54, 1.807) is 13.8 Å². The van der Waals surface area contributed by atoms with Crippen molar-refractivity contribution in [3.63, 3.8) is 0 Å². The van der Waals surface area contributed by atoms with E-state index in [0.717, 1.165) is 0 Å². The van der Waals surface area contributed by atoms with Crippen LogP contribution in [-0.4, -0.2) is 49.4 Å². The third-order valence-corrected chi connectivity index (χ3v) is 2.63. The molecule has 0 aromatic rings. The van der Waals surface area contributed by atoms with Crippen LogP contribution < -0.4 is 5.32 Å². The van der Waals surface area contributed by atoms with Crippen LogP contribution in [-0.2, 0) is 19.1 Å². The highest BCUT2D eigenvalue weighted by Crippen LogP contribution is 2.04. The van der Waals surface area contributed by atoms with Crippen LogP contribution in [0.3, 0.4) is 0 Å². The van der Waals surface area contributed by atoms with Crippen molar-refractivity contribution in [2.75, 3.05) is 20.7 Å². The second kappa shape index (κ2) is 6.88. The molecule has 2 unspecified atom stereocenters. The summed E-state index contributed by atoms with van der Waals surface area (Å²) in [4.78, 5) is 35.0. The minimum absolute atomic E-state index is 0.0203. The lowest BCUT2D eigenvalue weighted by molar-refractivity contribution is -0.146. The van der Waals surface area contributed by atoms with Gasteiger partial charge in [-0.05, 0) is 13.8 Å². The highest BCUT2D eigenvalue weighted by Gasteiger charge is 2.22. The van der Waals surface area contributed by atoms with Gasteiger partial charge in [0.1, 0.15) is 0 Å². The van der Waals surface area contributed by atoms with Crippen LogP contribution >= 0.6 is 0 Å². The van der Waals surface area contributed by atoms with Crippen molar-refractivity contribution in [3.8, 4) is 0 Å². The molecule has 0 aromatic heterocycles. The van der Waals surface area contributed by atoms with Crippen LogP contribution in [0, 0.1) is 5.92 Å². The van der Waals surface area contributed by atoms with Gasteiger partial charge in [0.05, 0.1) is 19.6 Å². The third-order valence-electron chi connectivity index (χ3n) is 2.63. The second-order valence-electron chi connectivity index (χ2n) is 4.04. The van der Waals surface area contributed by atoms with E-state index in [0.29, 0.717) is 0 Å². The number of ether oxygens (including phenoxy) is 1. The Balaban J connectivity index is 4.20. The standard InChI is InChI=1S/C11H20N2O4/c1-7(11(16)17-5)8(2)12-10(15)6-13(4)9(3)14/h7-8H,6H2,1-5H3,(H,12,15). The number of likely N-dealkylation sites (N-methyl/N-ethyl adjacent to an activating group) is 1. The minimum atomic E-state index is -0.424. The molecule has 0 aromatic carbocycles. The third kappa shape index (κ3) is 5.33. The normalized spacial score (nSPS) is 13.5. The molecule has 2 amide bonds. The molecule has 0 saturated heterocycles. The van der Waals surface area contributed by atoms with E-state index < -0.39 is 5.92 Å². The number of rotatable bonds is 5. The highest BCUT2D eigenvalue weighted by molar-refractivity contribution is 5.84. The molecule has 0 aliphatic carbocycles. The van der Waals surface area contributed by atoms with E-state index in [4.69, 9.17) is 0 Å². The second-order valence-corrected chi connectivity index (χ2v) is 4.04. The molecule has 0 aliphatic rings. The first-order valence-electron chi connectivity index (χ1n) is 5.38. The van der Waals surface area contributed by atoms with Crippen LogP contribution in [0.5, 0.6) is 0 Å². The van der Waals surface area contributed by atoms with Crippen molar-refractivity contribution in [1.29, 1.82) is 0 Å². The molecule has 6 nitrogen and oxygen atoms in total.